The average Bonchev–Trinajstić information content (AvgIpc) is 3.16. The number of carbonyl (C=O) groups is 1. The molecule has 1 aliphatic rings. The van der Waals surface area contributed by atoms with E-state index in [4.69, 9.17) is 9.73 Å². The Labute approximate surface area is 190 Å². The van der Waals surface area contributed by atoms with E-state index in [-0.39, 0.29) is 24.0 Å². The second-order valence-corrected chi connectivity index (χ2v) is 8.60. The van der Waals surface area contributed by atoms with Crippen molar-refractivity contribution >= 4 is 17.2 Å². The van der Waals surface area contributed by atoms with Crippen molar-refractivity contribution in [1.82, 2.24) is 5.32 Å². The predicted molar refractivity (Wildman–Crippen MR) is 129 cm³/mol. The maximum absolute atomic E-state index is 11.7. The Morgan fingerprint density at radius 1 is 1.25 bits per heavy atom. The summed E-state index contributed by atoms with van der Waals surface area (Å²) in [5, 5.41) is 13.0. The van der Waals surface area contributed by atoms with Gasteiger partial charge in [0.25, 0.3) is 0 Å². The Balaban J connectivity index is 1.86. The first-order chi connectivity index (χ1) is 15.2. The van der Waals surface area contributed by atoms with Crippen molar-refractivity contribution < 1.29 is 9.53 Å². The van der Waals surface area contributed by atoms with Crippen LogP contribution in [0, 0.1) is 11.3 Å². The second kappa shape index (κ2) is 9.93. The lowest BCUT2D eigenvalue weighted by atomic mass is 9.99. The minimum absolute atomic E-state index is 0.000539. The molecule has 166 valence electrons. The molecule has 0 aliphatic heterocycles. The third-order valence-corrected chi connectivity index (χ3v) is 5.83. The second-order valence-electron chi connectivity index (χ2n) is 8.60. The van der Waals surface area contributed by atoms with Gasteiger partial charge >= 0.3 is 0 Å². The van der Waals surface area contributed by atoms with Gasteiger partial charge in [-0.3, -0.25) is 9.79 Å². The predicted octanol–water partition coefficient (Wildman–Crippen LogP) is 5.38. The minimum atomic E-state index is -0.171. The molecule has 1 aliphatic carbocycles. The molecule has 0 saturated heterocycles. The van der Waals surface area contributed by atoms with Crippen LogP contribution < -0.4 is 10.1 Å². The molecule has 0 spiro atoms. The van der Waals surface area contributed by atoms with E-state index in [1.807, 2.05) is 52.0 Å². The quantitative estimate of drug-likeness (QED) is 0.572. The van der Waals surface area contributed by atoms with E-state index in [1.54, 1.807) is 6.92 Å². The van der Waals surface area contributed by atoms with E-state index in [0.717, 1.165) is 29.7 Å². The van der Waals surface area contributed by atoms with Gasteiger partial charge in [-0.2, -0.15) is 5.26 Å². The first-order valence-electron chi connectivity index (χ1n) is 11.0. The monoisotopic (exact) mass is 429 g/mol. The van der Waals surface area contributed by atoms with Gasteiger partial charge in [-0.15, -0.1) is 0 Å². The summed E-state index contributed by atoms with van der Waals surface area (Å²) in [5.41, 5.74) is 6.32. The lowest BCUT2D eigenvalue weighted by Crippen LogP contribution is -2.34. The number of nitrogens with zero attached hydrogens (tertiary/aromatic N) is 2. The van der Waals surface area contributed by atoms with Gasteiger partial charge in [0.2, 0.25) is 0 Å². The van der Waals surface area contributed by atoms with Gasteiger partial charge < -0.3 is 10.1 Å². The number of nitriles is 1. The number of fused-ring (bicyclic) bond motifs is 1. The summed E-state index contributed by atoms with van der Waals surface area (Å²) in [7, 11) is 0. The van der Waals surface area contributed by atoms with Gasteiger partial charge in [0.05, 0.1) is 23.4 Å². The van der Waals surface area contributed by atoms with Crippen LogP contribution in [0.15, 0.2) is 48.0 Å². The van der Waals surface area contributed by atoms with Crippen LogP contribution in [0.5, 0.6) is 5.75 Å². The highest BCUT2D eigenvalue weighted by Gasteiger charge is 2.27. The molecule has 0 fully saturated rings. The summed E-state index contributed by atoms with van der Waals surface area (Å²) in [5.74, 6) is 0.720. The van der Waals surface area contributed by atoms with Crippen LogP contribution in [0.2, 0.25) is 0 Å². The highest BCUT2D eigenvalue weighted by atomic mass is 16.5. The van der Waals surface area contributed by atoms with E-state index in [0.29, 0.717) is 17.0 Å². The molecule has 0 aromatic heterocycles. The molecular formula is C27H31N3O2. The smallest absolute Gasteiger partial charge is 0.146 e. The molecule has 1 N–H and O–H groups in total. The Bertz CT molecular complexity index is 1110. The zero-order valence-corrected chi connectivity index (χ0v) is 19.5. The highest BCUT2D eigenvalue weighted by molar-refractivity contribution is 6.02. The van der Waals surface area contributed by atoms with E-state index >= 15 is 0 Å². The van der Waals surface area contributed by atoms with Crippen molar-refractivity contribution in [3.63, 3.8) is 0 Å². The van der Waals surface area contributed by atoms with Crippen molar-refractivity contribution in [3.05, 3.63) is 70.8 Å². The summed E-state index contributed by atoms with van der Waals surface area (Å²) in [4.78, 5) is 16.4. The van der Waals surface area contributed by atoms with Gasteiger partial charge in [-0.05, 0) is 82.3 Å². The number of hydrogen-bond donors (Lipinski definition) is 1. The number of ether oxygens (including phenoxy) is 1. The Morgan fingerprint density at radius 2 is 2.00 bits per heavy atom. The van der Waals surface area contributed by atoms with Gasteiger partial charge in [0.15, 0.2) is 0 Å². The molecule has 0 amide bonds. The summed E-state index contributed by atoms with van der Waals surface area (Å²) in [6, 6.07) is 13.9. The van der Waals surface area contributed by atoms with Crippen molar-refractivity contribution in [2.24, 2.45) is 4.99 Å². The number of nitrogens with one attached hydrogen (secondary N) is 1. The summed E-state index contributed by atoms with van der Waals surface area (Å²) in [6.07, 6.45) is 1.86. The molecule has 0 heterocycles. The number of rotatable bonds is 8. The fourth-order valence-electron chi connectivity index (χ4n) is 4.04. The SMILES string of the molecule is C=C(N=C(C)c1ccc(OC(C)C)c(C#N)c1)c1cccc2c1CCC2NC(C)C(C)=O. The summed E-state index contributed by atoms with van der Waals surface area (Å²) < 4.78 is 5.72. The maximum Gasteiger partial charge on any atom is 0.146 e. The molecule has 2 atom stereocenters. The molecule has 2 aromatic rings. The van der Waals surface area contributed by atoms with Crippen LogP contribution >= 0.6 is 0 Å². The molecular weight excluding hydrogens is 398 g/mol. The van der Waals surface area contributed by atoms with E-state index in [1.165, 1.54) is 11.1 Å². The Kier molecular flexibility index (Phi) is 7.27. The molecule has 2 unspecified atom stereocenters. The molecule has 0 bridgehead atoms. The van der Waals surface area contributed by atoms with Gasteiger partial charge in [0.1, 0.15) is 17.6 Å². The van der Waals surface area contributed by atoms with Crippen molar-refractivity contribution in [1.29, 1.82) is 5.26 Å². The highest BCUT2D eigenvalue weighted by Crippen LogP contribution is 2.36. The van der Waals surface area contributed by atoms with Gasteiger partial charge in [0, 0.05) is 17.3 Å². The Hall–Kier alpha value is -3.23. The molecule has 2 aromatic carbocycles. The molecule has 0 saturated carbocycles. The fraction of sp³-hybridized carbons (Fsp3) is 0.370. The maximum atomic E-state index is 11.7. The van der Waals surface area contributed by atoms with E-state index in [9.17, 15) is 10.1 Å². The first kappa shape index (κ1) is 23.4. The van der Waals surface area contributed by atoms with Gasteiger partial charge in [-0.25, -0.2) is 0 Å². The van der Waals surface area contributed by atoms with Crippen molar-refractivity contribution in [3.8, 4) is 11.8 Å². The lowest BCUT2D eigenvalue weighted by molar-refractivity contribution is -0.118. The number of aliphatic imine (C=N–C) groups is 1. The van der Waals surface area contributed by atoms with Gasteiger partial charge in [-0.1, -0.05) is 24.8 Å². The Morgan fingerprint density at radius 3 is 2.66 bits per heavy atom. The topological polar surface area (TPSA) is 74.5 Å². The first-order valence-corrected chi connectivity index (χ1v) is 11.0. The number of ketones is 1. The van der Waals surface area contributed by atoms with Crippen LogP contribution in [0.1, 0.15) is 74.9 Å². The minimum Gasteiger partial charge on any atom is -0.490 e. The summed E-state index contributed by atoms with van der Waals surface area (Å²) in [6.45, 7) is 13.5. The average molecular weight is 430 g/mol. The normalized spacial score (nSPS) is 16.4. The van der Waals surface area contributed by atoms with Crippen LogP contribution in [0.25, 0.3) is 5.70 Å². The van der Waals surface area contributed by atoms with E-state index < -0.39 is 0 Å². The fourth-order valence-corrected chi connectivity index (χ4v) is 4.04. The zero-order chi connectivity index (χ0) is 23.4. The number of Topliss-reactive ketones (excluding diaryl/α,β-unsaturated/α-hetero) is 1. The molecule has 5 nitrogen and oxygen atoms in total. The van der Waals surface area contributed by atoms with Crippen LogP contribution in [-0.2, 0) is 11.2 Å². The number of carbonyl (C=O) groups excluding carboxylic acids is 1. The van der Waals surface area contributed by atoms with Crippen molar-refractivity contribution in [2.75, 3.05) is 0 Å². The zero-order valence-electron chi connectivity index (χ0n) is 19.5. The number of benzene rings is 2. The summed E-state index contributed by atoms with van der Waals surface area (Å²) >= 11 is 0. The van der Waals surface area contributed by atoms with Crippen LogP contribution in [0.4, 0.5) is 0 Å². The molecule has 0 radical (unpaired) electrons. The lowest BCUT2D eigenvalue weighted by Gasteiger charge is -2.19. The molecule has 32 heavy (non-hydrogen) atoms. The third-order valence-electron chi connectivity index (χ3n) is 5.83. The number of hydrogen-bond acceptors (Lipinski definition) is 5. The molecule has 5 heteroatoms. The van der Waals surface area contributed by atoms with Crippen LogP contribution in [-0.4, -0.2) is 23.6 Å². The standard InChI is InChI=1S/C27H31N3O2/c1-16(2)32-27-13-10-21(14-22(27)15-28)18(4)29-19(5)23-8-7-9-25-24(23)11-12-26(25)30-17(3)20(6)31/h7-10,13-14,16-17,26,30H,5,11-12H2,1-4,6H3. The van der Waals surface area contributed by atoms with E-state index in [2.05, 4.69) is 30.1 Å². The third kappa shape index (κ3) is 5.15. The largest absolute Gasteiger partial charge is 0.490 e. The molecule has 3 rings (SSSR count). The van der Waals surface area contributed by atoms with Crippen molar-refractivity contribution in [2.45, 2.75) is 65.6 Å². The van der Waals surface area contributed by atoms with Crippen LogP contribution in [0.3, 0.4) is 0 Å².